The third-order valence-corrected chi connectivity index (χ3v) is 7.62. The van der Waals surface area contributed by atoms with Gasteiger partial charge in [-0.2, -0.15) is 5.10 Å². The van der Waals surface area contributed by atoms with Crippen molar-refractivity contribution in [3.8, 4) is 33.9 Å². The van der Waals surface area contributed by atoms with Crippen molar-refractivity contribution < 1.29 is 17.6 Å². The predicted octanol–water partition coefficient (Wildman–Crippen LogP) is 5.40. The van der Waals surface area contributed by atoms with E-state index in [4.69, 9.17) is 4.98 Å². The number of fused-ring (bicyclic) bond motifs is 2. The van der Waals surface area contributed by atoms with Crippen molar-refractivity contribution >= 4 is 43.6 Å². The maximum Gasteiger partial charge on any atom is 0.229 e. The van der Waals surface area contributed by atoms with E-state index in [0.29, 0.717) is 45.1 Å². The summed E-state index contributed by atoms with van der Waals surface area (Å²) in [7, 11) is -3.45. The Hall–Kier alpha value is -5.01. The van der Waals surface area contributed by atoms with E-state index >= 15 is 0 Å². The zero-order chi connectivity index (χ0) is 31.2. The molecule has 5 aromatic heterocycles. The maximum absolute atomic E-state index is 14.6. The minimum absolute atomic E-state index is 0.0490. The lowest BCUT2D eigenvalue weighted by Crippen LogP contribution is -2.27. The zero-order valence-corrected chi connectivity index (χ0v) is 25.2. The fourth-order valence-corrected chi connectivity index (χ4v) is 5.16. The summed E-state index contributed by atoms with van der Waals surface area (Å²) in [5, 5.41) is 11.2. The highest BCUT2D eigenvalue weighted by atomic mass is 32.2. The Balaban J connectivity index is 1.37. The van der Waals surface area contributed by atoms with E-state index in [0.717, 1.165) is 28.2 Å². The Bertz CT molecular complexity index is 2170. The molecule has 0 aliphatic heterocycles. The summed E-state index contributed by atoms with van der Waals surface area (Å²) < 4.78 is 40.1. The molecule has 1 amide bonds. The van der Waals surface area contributed by atoms with Crippen LogP contribution in [0.2, 0.25) is 0 Å². The lowest BCUT2D eigenvalue weighted by Gasteiger charge is -2.17. The molecule has 0 aliphatic rings. The summed E-state index contributed by atoms with van der Waals surface area (Å²) in [6.45, 7) is 5.47. The zero-order valence-electron chi connectivity index (χ0n) is 24.4. The minimum Gasteiger partial charge on any atom is -0.353 e. The lowest BCUT2D eigenvalue weighted by molar-refractivity contribution is -0.123. The number of nitrogens with zero attached hydrogens (tertiary/aromatic N) is 4. The van der Waals surface area contributed by atoms with Crippen LogP contribution < -0.4 is 10.0 Å². The molecule has 224 valence electrons. The van der Waals surface area contributed by atoms with Gasteiger partial charge in [-0.3, -0.25) is 19.9 Å². The second kappa shape index (κ2) is 10.9. The summed E-state index contributed by atoms with van der Waals surface area (Å²) in [6.07, 6.45) is 5.94. The number of carbonyl (C=O) groups excluding carboxylic acids is 1. The maximum atomic E-state index is 14.6. The van der Waals surface area contributed by atoms with Crippen molar-refractivity contribution in [3.05, 3.63) is 78.5 Å². The summed E-state index contributed by atoms with van der Waals surface area (Å²) >= 11 is 0. The summed E-state index contributed by atoms with van der Waals surface area (Å²) in [5.74, 6) is -0.626. The Morgan fingerprint density at radius 3 is 2.57 bits per heavy atom. The number of H-pyrrole nitrogens is 2. The van der Waals surface area contributed by atoms with E-state index in [1.807, 2.05) is 51.1 Å². The van der Waals surface area contributed by atoms with Crippen LogP contribution in [0.3, 0.4) is 0 Å². The van der Waals surface area contributed by atoms with Crippen LogP contribution in [0, 0.1) is 11.2 Å². The molecule has 0 spiro atoms. The number of anilines is 1. The molecule has 1 aromatic carbocycles. The average Bonchev–Trinajstić information content (AvgIpc) is 3.59. The number of sulfonamides is 1. The Morgan fingerprint density at radius 1 is 0.977 bits per heavy atom. The highest BCUT2D eigenvalue weighted by Gasteiger charge is 2.22. The molecular weight excluding hydrogens is 583 g/mol. The first-order valence-corrected chi connectivity index (χ1v) is 15.6. The van der Waals surface area contributed by atoms with Crippen LogP contribution in [0.4, 0.5) is 10.1 Å². The Labute approximate surface area is 252 Å². The molecule has 0 radical (unpaired) electrons. The number of hydrogen-bond donors (Lipinski definition) is 4. The Kier molecular flexibility index (Phi) is 7.22. The number of aromatic amines is 2. The van der Waals surface area contributed by atoms with Gasteiger partial charge in [-0.25, -0.2) is 22.5 Å². The summed E-state index contributed by atoms with van der Waals surface area (Å²) in [5.41, 5.74) is 6.22. The molecule has 4 N–H and O–H groups in total. The fourth-order valence-electron chi connectivity index (χ4n) is 4.73. The number of halogens is 1. The van der Waals surface area contributed by atoms with Gasteiger partial charge in [-0.1, -0.05) is 20.8 Å². The normalized spacial score (nSPS) is 12.2. The highest BCUT2D eigenvalue weighted by Crippen LogP contribution is 2.34. The number of carbonyl (C=O) groups is 1. The third-order valence-electron chi connectivity index (χ3n) is 6.95. The SMILES string of the molecule is CC(C)(C)C(=O)Nc1cncc(-c2ccc3[nH]nc(-c4cc5c(-c6cc(F)cc(CNS(C)(=O)=O)c6)nccc5[nH]4)c3n2)c1. The molecule has 6 rings (SSSR count). The molecule has 0 atom stereocenters. The molecule has 44 heavy (non-hydrogen) atoms. The molecule has 13 heteroatoms. The van der Waals surface area contributed by atoms with Crippen LogP contribution in [0.25, 0.3) is 55.8 Å². The van der Waals surface area contributed by atoms with Crippen molar-refractivity contribution in [1.29, 1.82) is 0 Å². The summed E-state index contributed by atoms with van der Waals surface area (Å²) in [4.78, 5) is 29.6. The molecule has 5 heterocycles. The number of nitrogens with one attached hydrogen (secondary N) is 4. The van der Waals surface area contributed by atoms with Gasteiger partial charge >= 0.3 is 0 Å². The molecule has 6 aromatic rings. The fraction of sp³-hybridized carbons (Fsp3) is 0.194. The van der Waals surface area contributed by atoms with E-state index in [9.17, 15) is 17.6 Å². The summed E-state index contributed by atoms with van der Waals surface area (Å²) in [6, 6.07) is 13.6. The van der Waals surface area contributed by atoms with Crippen LogP contribution in [0.5, 0.6) is 0 Å². The van der Waals surface area contributed by atoms with Crippen LogP contribution >= 0.6 is 0 Å². The largest absolute Gasteiger partial charge is 0.353 e. The molecule has 0 fully saturated rings. The third kappa shape index (κ3) is 6.05. The van der Waals surface area contributed by atoms with E-state index < -0.39 is 21.3 Å². The van der Waals surface area contributed by atoms with Gasteiger partial charge in [-0.05, 0) is 54.1 Å². The van der Waals surface area contributed by atoms with Crippen molar-refractivity contribution in [2.75, 3.05) is 11.6 Å². The van der Waals surface area contributed by atoms with E-state index in [1.54, 1.807) is 24.7 Å². The van der Waals surface area contributed by atoms with Gasteiger partial charge in [0.15, 0.2) is 0 Å². The van der Waals surface area contributed by atoms with Crippen molar-refractivity contribution in [3.63, 3.8) is 0 Å². The molecule has 0 bridgehead atoms. The highest BCUT2D eigenvalue weighted by molar-refractivity contribution is 7.88. The number of hydrogen-bond acceptors (Lipinski definition) is 7. The average molecular weight is 613 g/mol. The monoisotopic (exact) mass is 612 g/mol. The van der Waals surface area contributed by atoms with Crippen LogP contribution in [-0.2, 0) is 21.4 Å². The van der Waals surface area contributed by atoms with Gasteiger partial charge in [0.1, 0.15) is 17.0 Å². The van der Waals surface area contributed by atoms with Gasteiger partial charge in [0.25, 0.3) is 0 Å². The second-order valence-electron chi connectivity index (χ2n) is 11.6. The van der Waals surface area contributed by atoms with Gasteiger partial charge in [0, 0.05) is 46.4 Å². The van der Waals surface area contributed by atoms with E-state index in [2.05, 4.69) is 35.2 Å². The van der Waals surface area contributed by atoms with E-state index in [-0.39, 0.29) is 12.5 Å². The first-order valence-electron chi connectivity index (χ1n) is 13.7. The molecule has 0 saturated heterocycles. The number of amides is 1. The molecule has 0 unspecified atom stereocenters. The number of pyridine rings is 3. The second-order valence-corrected chi connectivity index (χ2v) is 13.4. The molecule has 0 saturated carbocycles. The van der Waals surface area contributed by atoms with Gasteiger partial charge in [0.05, 0.1) is 40.7 Å². The van der Waals surface area contributed by atoms with Crippen molar-refractivity contribution in [2.24, 2.45) is 5.41 Å². The predicted molar refractivity (Wildman–Crippen MR) is 167 cm³/mol. The minimum atomic E-state index is -3.45. The smallest absolute Gasteiger partial charge is 0.229 e. The van der Waals surface area contributed by atoms with Crippen molar-refractivity contribution in [1.82, 2.24) is 34.9 Å². The van der Waals surface area contributed by atoms with Gasteiger partial charge in [0.2, 0.25) is 15.9 Å². The van der Waals surface area contributed by atoms with E-state index in [1.165, 1.54) is 12.1 Å². The lowest BCUT2D eigenvalue weighted by atomic mass is 9.95. The number of rotatable bonds is 7. The van der Waals surface area contributed by atoms with Crippen LogP contribution in [0.15, 0.2) is 67.1 Å². The quantitative estimate of drug-likeness (QED) is 0.188. The number of aromatic nitrogens is 6. The first kappa shape index (κ1) is 29.1. The van der Waals surface area contributed by atoms with Crippen LogP contribution in [-0.4, -0.2) is 50.7 Å². The molecule has 0 aliphatic carbocycles. The molecule has 11 nitrogen and oxygen atoms in total. The molecular formula is C31H29FN8O3S. The number of benzene rings is 1. The standard InChI is InChI=1S/C31H29FN8O3S/c1-31(2,3)30(41)36-21-12-19(15-33-16-21)23-5-6-25-28(38-23)29(40-39-25)26-13-22-24(37-26)7-8-34-27(22)18-9-17(10-20(32)11-18)14-35-44(4,42)43/h5-13,15-16,35,37H,14H2,1-4H3,(H,36,41)(H,39,40). The van der Waals surface area contributed by atoms with Gasteiger partial charge in [-0.15, -0.1) is 0 Å². The Morgan fingerprint density at radius 2 is 1.80 bits per heavy atom. The van der Waals surface area contributed by atoms with Crippen LogP contribution in [0.1, 0.15) is 26.3 Å². The topological polar surface area (TPSA) is 158 Å². The van der Waals surface area contributed by atoms with Crippen molar-refractivity contribution in [2.45, 2.75) is 27.3 Å². The van der Waals surface area contributed by atoms with Gasteiger partial charge < -0.3 is 10.3 Å². The first-order chi connectivity index (χ1) is 20.8.